The Kier molecular flexibility index (Phi) is 4.33. The van der Waals surface area contributed by atoms with Gasteiger partial charge in [0.15, 0.2) is 4.87 Å². The molecule has 0 saturated heterocycles. The summed E-state index contributed by atoms with van der Waals surface area (Å²) in [4.78, 5) is 13.6. The number of aryl methyl sites for hydroxylation is 1. The van der Waals surface area contributed by atoms with Crippen LogP contribution < -0.4 is 5.73 Å². The number of hydrazone groups is 1. The number of rotatable bonds is 3. The van der Waals surface area contributed by atoms with Crippen LogP contribution in [0.5, 0.6) is 0 Å². The average molecular weight is 420 g/mol. The molecule has 3 aliphatic rings. The first-order chi connectivity index (χ1) is 13.5. The van der Waals surface area contributed by atoms with Gasteiger partial charge >= 0.3 is 0 Å². The second-order valence-corrected chi connectivity index (χ2v) is 9.74. The van der Waals surface area contributed by atoms with E-state index in [1.807, 2.05) is 5.38 Å². The van der Waals surface area contributed by atoms with Crippen LogP contribution in [0.4, 0.5) is 8.78 Å². The maximum absolute atomic E-state index is 14.5. The molecule has 1 aromatic heterocycles. The predicted molar refractivity (Wildman–Crippen MR) is 107 cm³/mol. The normalized spacial score (nSPS) is 25.0. The number of nitrogens with two attached hydrogens (primary N) is 1. The number of amides is 1. The summed E-state index contributed by atoms with van der Waals surface area (Å²) in [5, 5.41) is 8.36. The zero-order valence-corrected chi connectivity index (χ0v) is 16.7. The van der Waals surface area contributed by atoms with Gasteiger partial charge in [-0.3, -0.25) is 4.79 Å². The van der Waals surface area contributed by atoms with Crippen molar-refractivity contribution in [2.45, 2.75) is 43.0 Å². The molecule has 2 N–H and O–H groups in total. The van der Waals surface area contributed by atoms with Crippen LogP contribution >= 0.6 is 23.1 Å². The Balaban J connectivity index is 1.62. The standard InChI is InChI=1S/C20H19F2N3OS2/c21-13-5-6-15(22)14(10-13)18-24-25(19(26)16(23)11-3-4-11)20(28-18)8-1-2-12-7-9-27-17(12)20/h5-7,9-11,16H,1-4,8,23H2. The highest BCUT2D eigenvalue weighted by atomic mass is 32.2. The highest BCUT2D eigenvalue weighted by Crippen LogP contribution is 2.55. The van der Waals surface area contributed by atoms with E-state index < -0.39 is 22.5 Å². The summed E-state index contributed by atoms with van der Waals surface area (Å²) >= 11 is 2.93. The van der Waals surface area contributed by atoms with Gasteiger partial charge in [0.2, 0.25) is 0 Å². The number of carbonyl (C=O) groups is 1. The Bertz CT molecular complexity index is 988. The van der Waals surface area contributed by atoms with Gasteiger partial charge in [-0.05, 0) is 73.2 Å². The number of hydrogen-bond donors (Lipinski definition) is 1. The highest BCUT2D eigenvalue weighted by Gasteiger charge is 2.53. The van der Waals surface area contributed by atoms with Gasteiger partial charge in [-0.15, -0.1) is 11.3 Å². The summed E-state index contributed by atoms with van der Waals surface area (Å²) < 4.78 is 28.2. The molecule has 146 valence electrons. The summed E-state index contributed by atoms with van der Waals surface area (Å²) in [5.74, 6) is -1.13. The SMILES string of the molecule is NC(C(=O)N1N=C(c2cc(F)ccc2F)SC12CCCc1ccsc12)C1CC1. The van der Waals surface area contributed by atoms with Gasteiger partial charge < -0.3 is 5.73 Å². The molecule has 1 aliphatic heterocycles. The van der Waals surface area contributed by atoms with Gasteiger partial charge in [0.25, 0.3) is 5.91 Å². The maximum atomic E-state index is 14.5. The van der Waals surface area contributed by atoms with Crippen LogP contribution in [-0.2, 0) is 16.1 Å². The highest BCUT2D eigenvalue weighted by molar-refractivity contribution is 8.15. The third-order valence-corrected chi connectivity index (χ3v) is 8.30. The molecule has 2 atom stereocenters. The molecule has 8 heteroatoms. The van der Waals surface area contributed by atoms with Gasteiger partial charge in [-0.2, -0.15) is 5.10 Å². The molecule has 2 heterocycles. The van der Waals surface area contributed by atoms with Crippen LogP contribution in [0.1, 0.15) is 41.7 Å². The molecular formula is C20H19F2N3OS2. The average Bonchev–Trinajstić information content (AvgIpc) is 3.30. The number of nitrogens with zero attached hydrogens (tertiary/aromatic N) is 2. The van der Waals surface area contributed by atoms with Crippen molar-refractivity contribution in [1.82, 2.24) is 5.01 Å². The van der Waals surface area contributed by atoms with Crippen LogP contribution in [0.15, 0.2) is 34.7 Å². The van der Waals surface area contributed by atoms with Gasteiger partial charge in [0, 0.05) is 10.4 Å². The summed E-state index contributed by atoms with van der Waals surface area (Å²) in [6, 6.07) is 4.79. The minimum Gasteiger partial charge on any atom is -0.320 e. The fourth-order valence-electron chi connectivity index (χ4n) is 4.00. The Morgan fingerprint density at radius 3 is 2.93 bits per heavy atom. The van der Waals surface area contributed by atoms with E-state index in [0.29, 0.717) is 11.5 Å². The second-order valence-electron chi connectivity index (χ2n) is 7.56. The molecule has 2 unspecified atom stereocenters. The van der Waals surface area contributed by atoms with Crippen molar-refractivity contribution in [3.8, 4) is 0 Å². The number of halogens is 2. The monoisotopic (exact) mass is 419 g/mol. The van der Waals surface area contributed by atoms with Crippen molar-refractivity contribution in [2.75, 3.05) is 0 Å². The largest absolute Gasteiger partial charge is 0.320 e. The lowest BCUT2D eigenvalue weighted by Gasteiger charge is -2.39. The minimum absolute atomic E-state index is 0.0864. The van der Waals surface area contributed by atoms with E-state index in [2.05, 4.69) is 11.2 Å². The molecule has 1 saturated carbocycles. The molecule has 0 radical (unpaired) electrons. The quantitative estimate of drug-likeness (QED) is 0.812. The zero-order chi connectivity index (χ0) is 19.5. The van der Waals surface area contributed by atoms with E-state index in [0.717, 1.165) is 48.8 Å². The van der Waals surface area contributed by atoms with Crippen molar-refractivity contribution >= 4 is 34.0 Å². The van der Waals surface area contributed by atoms with E-state index in [4.69, 9.17) is 5.73 Å². The number of hydrogen-bond acceptors (Lipinski definition) is 5. The summed E-state index contributed by atoms with van der Waals surface area (Å²) in [6.45, 7) is 0. The summed E-state index contributed by atoms with van der Waals surface area (Å²) in [7, 11) is 0. The molecule has 1 spiro atoms. The lowest BCUT2D eigenvalue weighted by atomic mass is 9.93. The Morgan fingerprint density at radius 2 is 2.14 bits per heavy atom. The van der Waals surface area contributed by atoms with Crippen LogP contribution in [0.25, 0.3) is 0 Å². The molecule has 1 aromatic carbocycles. The Labute approximate surface area is 169 Å². The summed E-state index contributed by atoms with van der Waals surface area (Å²) in [5.41, 5.74) is 7.50. The molecular weight excluding hydrogens is 400 g/mol. The lowest BCUT2D eigenvalue weighted by molar-refractivity contribution is -0.136. The molecule has 1 fully saturated rings. The topological polar surface area (TPSA) is 58.7 Å². The van der Waals surface area contributed by atoms with Gasteiger partial charge in [-0.1, -0.05) is 11.8 Å². The summed E-state index contributed by atoms with van der Waals surface area (Å²) in [6.07, 6.45) is 4.44. The first-order valence-corrected chi connectivity index (χ1v) is 11.1. The predicted octanol–water partition coefficient (Wildman–Crippen LogP) is 4.19. The van der Waals surface area contributed by atoms with Gasteiger partial charge in [0.05, 0.1) is 6.04 Å². The van der Waals surface area contributed by atoms with Crippen molar-refractivity contribution in [3.05, 3.63) is 57.3 Å². The minimum atomic E-state index is -0.723. The number of thioether (sulfide) groups is 1. The third-order valence-electron chi connectivity index (χ3n) is 5.64. The van der Waals surface area contributed by atoms with E-state index in [-0.39, 0.29) is 17.4 Å². The molecule has 4 nitrogen and oxygen atoms in total. The number of benzene rings is 1. The van der Waals surface area contributed by atoms with E-state index in [1.54, 1.807) is 11.3 Å². The maximum Gasteiger partial charge on any atom is 0.261 e. The fourth-order valence-corrected chi connectivity index (χ4v) is 6.73. The van der Waals surface area contributed by atoms with E-state index >= 15 is 0 Å². The molecule has 2 aliphatic carbocycles. The molecule has 28 heavy (non-hydrogen) atoms. The molecule has 1 amide bonds. The van der Waals surface area contributed by atoms with Crippen molar-refractivity contribution in [1.29, 1.82) is 0 Å². The molecule has 0 bridgehead atoms. The van der Waals surface area contributed by atoms with Crippen molar-refractivity contribution in [2.24, 2.45) is 16.8 Å². The molecule has 2 aromatic rings. The zero-order valence-electron chi connectivity index (χ0n) is 15.0. The third kappa shape index (κ3) is 2.81. The number of thiophene rings is 1. The number of carbonyl (C=O) groups excluding carboxylic acids is 1. The first kappa shape index (κ1) is 18.3. The van der Waals surface area contributed by atoms with Crippen LogP contribution in [0, 0.1) is 17.6 Å². The van der Waals surface area contributed by atoms with E-state index in [9.17, 15) is 13.6 Å². The Morgan fingerprint density at radius 1 is 1.32 bits per heavy atom. The lowest BCUT2D eigenvalue weighted by Crippen LogP contribution is -2.50. The van der Waals surface area contributed by atoms with Gasteiger partial charge in [0.1, 0.15) is 16.7 Å². The van der Waals surface area contributed by atoms with Gasteiger partial charge in [-0.25, -0.2) is 13.8 Å². The number of fused-ring (bicyclic) bond motifs is 2. The Hall–Kier alpha value is -1.77. The van der Waals surface area contributed by atoms with Crippen molar-refractivity contribution < 1.29 is 13.6 Å². The van der Waals surface area contributed by atoms with Crippen molar-refractivity contribution in [3.63, 3.8) is 0 Å². The van der Waals surface area contributed by atoms with Crippen LogP contribution in [0.2, 0.25) is 0 Å². The van der Waals surface area contributed by atoms with E-state index in [1.165, 1.54) is 22.3 Å². The molecule has 5 rings (SSSR count). The first-order valence-electron chi connectivity index (χ1n) is 9.39. The smallest absolute Gasteiger partial charge is 0.261 e. The second kappa shape index (κ2) is 6.64. The fraction of sp³-hybridized carbons (Fsp3) is 0.400. The van der Waals surface area contributed by atoms with Crippen LogP contribution in [0.3, 0.4) is 0 Å². The van der Waals surface area contributed by atoms with Crippen LogP contribution in [-0.4, -0.2) is 22.0 Å².